The van der Waals surface area contributed by atoms with Gasteiger partial charge in [0.05, 0.1) is 23.3 Å². The molecule has 4 heteroatoms. The number of fused-ring (bicyclic) bond motifs is 1. The third-order valence-corrected chi connectivity index (χ3v) is 4.09. The van der Waals surface area contributed by atoms with Crippen LogP contribution in [0.3, 0.4) is 0 Å². The molecule has 0 bridgehead atoms. The van der Waals surface area contributed by atoms with Gasteiger partial charge in [-0.2, -0.15) is 0 Å². The van der Waals surface area contributed by atoms with Gasteiger partial charge in [-0.3, -0.25) is 4.79 Å². The van der Waals surface area contributed by atoms with Crippen LogP contribution in [0.1, 0.15) is 18.4 Å². The molecule has 4 nitrogen and oxygen atoms in total. The summed E-state index contributed by atoms with van der Waals surface area (Å²) in [4.78, 5) is 14.1. The van der Waals surface area contributed by atoms with E-state index in [1.54, 1.807) is 0 Å². The molecule has 2 heterocycles. The van der Waals surface area contributed by atoms with E-state index in [1.165, 1.54) is 5.56 Å². The molecule has 1 aromatic carbocycles. The summed E-state index contributed by atoms with van der Waals surface area (Å²) in [5.41, 5.74) is 9.18. The number of rotatable bonds is 1. The molecular formula is C14H19N3O. The van der Waals surface area contributed by atoms with E-state index in [0.29, 0.717) is 0 Å². The molecule has 2 unspecified atom stereocenters. The van der Waals surface area contributed by atoms with E-state index >= 15 is 0 Å². The topological polar surface area (TPSA) is 58.4 Å². The lowest BCUT2D eigenvalue weighted by atomic mass is 9.91. The molecule has 2 fully saturated rings. The number of carbonyl (C=O) groups is 1. The Kier molecular flexibility index (Phi) is 2.65. The largest absolute Gasteiger partial charge is 0.397 e. The molecule has 3 rings (SSSR count). The normalized spacial score (nSPS) is 26.9. The van der Waals surface area contributed by atoms with Crippen LogP contribution in [0.2, 0.25) is 0 Å². The predicted octanol–water partition coefficient (Wildman–Crippen LogP) is 1.29. The van der Waals surface area contributed by atoms with Gasteiger partial charge in [0, 0.05) is 13.1 Å². The number of aryl methyl sites for hydroxylation is 1. The highest BCUT2D eigenvalue weighted by molar-refractivity contribution is 5.83. The van der Waals surface area contributed by atoms with Crippen LogP contribution in [0.15, 0.2) is 18.2 Å². The van der Waals surface area contributed by atoms with Crippen molar-refractivity contribution in [1.29, 1.82) is 0 Å². The monoisotopic (exact) mass is 245 g/mol. The standard InChI is InChI=1S/C14H19N3O/c1-9-4-5-12(11(15)7-9)17-6-2-3-10-13(17)8-16-14(10)18/h4-5,7,10,13H,2-3,6,8,15H2,1H3,(H,16,18). The van der Waals surface area contributed by atoms with Gasteiger partial charge < -0.3 is 16.0 Å². The van der Waals surface area contributed by atoms with Crippen LogP contribution >= 0.6 is 0 Å². The third kappa shape index (κ3) is 1.72. The molecule has 2 aliphatic heterocycles. The van der Waals surface area contributed by atoms with Crippen molar-refractivity contribution in [3.05, 3.63) is 23.8 Å². The summed E-state index contributed by atoms with van der Waals surface area (Å²) >= 11 is 0. The molecule has 18 heavy (non-hydrogen) atoms. The SMILES string of the molecule is Cc1ccc(N2CCCC3C(=O)NCC32)c(N)c1. The van der Waals surface area contributed by atoms with Gasteiger partial charge in [0.25, 0.3) is 0 Å². The summed E-state index contributed by atoms with van der Waals surface area (Å²) in [5.74, 6) is 0.342. The average molecular weight is 245 g/mol. The van der Waals surface area contributed by atoms with E-state index in [1.807, 2.05) is 13.0 Å². The van der Waals surface area contributed by atoms with Crippen molar-refractivity contribution in [2.45, 2.75) is 25.8 Å². The highest BCUT2D eigenvalue weighted by atomic mass is 16.2. The Bertz CT molecular complexity index is 486. The minimum atomic E-state index is 0.138. The molecule has 96 valence electrons. The first-order valence-corrected chi connectivity index (χ1v) is 6.57. The summed E-state index contributed by atoms with van der Waals surface area (Å²) in [5, 5.41) is 2.97. The molecule has 0 aromatic heterocycles. The maximum absolute atomic E-state index is 11.8. The molecule has 2 aliphatic rings. The van der Waals surface area contributed by atoms with Gasteiger partial charge in [-0.25, -0.2) is 0 Å². The molecule has 1 aromatic rings. The highest BCUT2D eigenvalue weighted by Gasteiger charge is 2.41. The van der Waals surface area contributed by atoms with Crippen molar-refractivity contribution in [2.75, 3.05) is 23.7 Å². The lowest BCUT2D eigenvalue weighted by Gasteiger charge is -2.38. The van der Waals surface area contributed by atoms with Crippen molar-refractivity contribution in [3.8, 4) is 0 Å². The number of nitrogens with two attached hydrogens (primary N) is 1. The van der Waals surface area contributed by atoms with Gasteiger partial charge in [0.2, 0.25) is 5.91 Å². The Labute approximate surface area is 107 Å². The van der Waals surface area contributed by atoms with Crippen molar-refractivity contribution < 1.29 is 4.79 Å². The number of amides is 1. The van der Waals surface area contributed by atoms with Crippen molar-refractivity contribution in [3.63, 3.8) is 0 Å². The molecule has 1 amide bonds. The van der Waals surface area contributed by atoms with Gasteiger partial charge in [0.15, 0.2) is 0 Å². The van der Waals surface area contributed by atoms with Crippen LogP contribution in [0.25, 0.3) is 0 Å². The number of piperidine rings is 1. The third-order valence-electron chi connectivity index (χ3n) is 4.09. The lowest BCUT2D eigenvalue weighted by Crippen LogP contribution is -2.45. The van der Waals surface area contributed by atoms with Crippen LogP contribution in [0, 0.1) is 12.8 Å². The van der Waals surface area contributed by atoms with Crippen LogP contribution in [0.5, 0.6) is 0 Å². The number of anilines is 2. The fourth-order valence-corrected chi connectivity index (χ4v) is 3.19. The van der Waals surface area contributed by atoms with Crippen LogP contribution in [-0.4, -0.2) is 25.0 Å². The number of hydrogen-bond donors (Lipinski definition) is 2. The summed E-state index contributed by atoms with van der Waals surface area (Å²) in [6.07, 6.45) is 2.06. The zero-order valence-corrected chi connectivity index (χ0v) is 10.6. The second-order valence-corrected chi connectivity index (χ2v) is 5.32. The number of hydrogen-bond acceptors (Lipinski definition) is 3. The minimum Gasteiger partial charge on any atom is -0.397 e. The van der Waals surface area contributed by atoms with E-state index in [0.717, 1.165) is 37.3 Å². The summed E-state index contributed by atoms with van der Waals surface area (Å²) in [6.45, 7) is 3.78. The van der Waals surface area contributed by atoms with Gasteiger partial charge in [0.1, 0.15) is 0 Å². The van der Waals surface area contributed by atoms with Crippen molar-refractivity contribution in [2.24, 2.45) is 5.92 Å². The smallest absolute Gasteiger partial charge is 0.225 e. The quantitative estimate of drug-likeness (QED) is 0.733. The number of nitrogen functional groups attached to an aromatic ring is 1. The van der Waals surface area contributed by atoms with Gasteiger partial charge >= 0.3 is 0 Å². The van der Waals surface area contributed by atoms with E-state index in [4.69, 9.17) is 5.73 Å². The van der Waals surface area contributed by atoms with E-state index in [2.05, 4.69) is 22.3 Å². The predicted molar refractivity (Wildman–Crippen MR) is 72.5 cm³/mol. The number of nitrogens with zero attached hydrogens (tertiary/aromatic N) is 1. The summed E-state index contributed by atoms with van der Waals surface area (Å²) < 4.78 is 0. The second-order valence-electron chi connectivity index (χ2n) is 5.32. The molecule has 0 radical (unpaired) electrons. The van der Waals surface area contributed by atoms with Crippen molar-refractivity contribution >= 4 is 17.3 Å². The molecule has 0 aliphatic carbocycles. The van der Waals surface area contributed by atoms with E-state index in [9.17, 15) is 4.79 Å². The molecule has 0 saturated carbocycles. The molecular weight excluding hydrogens is 226 g/mol. The Morgan fingerprint density at radius 3 is 3.06 bits per heavy atom. The maximum atomic E-state index is 11.8. The van der Waals surface area contributed by atoms with Crippen molar-refractivity contribution in [1.82, 2.24) is 5.32 Å². The summed E-state index contributed by atoms with van der Waals surface area (Å²) in [7, 11) is 0. The highest BCUT2D eigenvalue weighted by Crippen LogP contribution is 2.34. The molecule has 2 atom stereocenters. The van der Waals surface area contributed by atoms with Gasteiger partial charge in [-0.15, -0.1) is 0 Å². The average Bonchev–Trinajstić information content (AvgIpc) is 2.72. The van der Waals surface area contributed by atoms with E-state index < -0.39 is 0 Å². The first-order chi connectivity index (χ1) is 8.66. The Hall–Kier alpha value is -1.71. The van der Waals surface area contributed by atoms with Crippen LogP contribution in [-0.2, 0) is 4.79 Å². The van der Waals surface area contributed by atoms with Gasteiger partial charge in [-0.05, 0) is 37.5 Å². The Morgan fingerprint density at radius 2 is 2.28 bits per heavy atom. The minimum absolute atomic E-state index is 0.138. The van der Waals surface area contributed by atoms with Gasteiger partial charge in [-0.1, -0.05) is 6.07 Å². The second kappa shape index (κ2) is 4.19. The molecule has 2 saturated heterocycles. The lowest BCUT2D eigenvalue weighted by molar-refractivity contribution is -0.122. The molecule has 3 N–H and O–H groups in total. The van der Waals surface area contributed by atoms with Crippen LogP contribution < -0.4 is 16.0 Å². The number of nitrogens with one attached hydrogen (secondary N) is 1. The fourth-order valence-electron chi connectivity index (χ4n) is 3.19. The zero-order valence-electron chi connectivity index (χ0n) is 10.6. The first kappa shape index (κ1) is 11.4. The molecule has 0 spiro atoms. The number of benzene rings is 1. The Morgan fingerprint density at radius 1 is 1.44 bits per heavy atom. The number of carbonyl (C=O) groups excluding carboxylic acids is 1. The zero-order chi connectivity index (χ0) is 12.7. The Balaban J connectivity index is 1.93. The summed E-state index contributed by atoms with van der Waals surface area (Å²) in [6, 6.07) is 6.44. The fraction of sp³-hybridized carbons (Fsp3) is 0.500. The van der Waals surface area contributed by atoms with E-state index in [-0.39, 0.29) is 17.9 Å². The first-order valence-electron chi connectivity index (χ1n) is 6.57. The van der Waals surface area contributed by atoms with Crippen LogP contribution in [0.4, 0.5) is 11.4 Å². The maximum Gasteiger partial charge on any atom is 0.225 e.